The maximum Gasteiger partial charge on any atom is 0.0435 e. The molecular weight excluding hydrogens is 350 g/mol. The van der Waals surface area contributed by atoms with Crippen LogP contribution < -0.4 is 4.90 Å². The van der Waals surface area contributed by atoms with E-state index in [1.54, 1.807) is 0 Å². The van der Waals surface area contributed by atoms with Gasteiger partial charge in [0.1, 0.15) is 0 Å². The van der Waals surface area contributed by atoms with Crippen molar-refractivity contribution in [3.8, 4) is 0 Å². The molecule has 1 aliphatic heterocycles. The number of nitrogens with zero attached hydrogens (tertiary/aromatic N) is 1. The zero-order valence-electron chi connectivity index (χ0n) is 17.1. The van der Waals surface area contributed by atoms with E-state index >= 15 is 0 Å². The van der Waals surface area contributed by atoms with Gasteiger partial charge in [-0.3, -0.25) is 0 Å². The zero-order valence-corrected chi connectivity index (χ0v) is 17.1. The highest BCUT2D eigenvalue weighted by Gasteiger charge is 2.22. The molecule has 0 atom stereocenters. The Kier molecular flexibility index (Phi) is 4.81. The fraction of sp³-hybridized carbons (Fsp3) is 0.214. The van der Waals surface area contributed by atoms with Gasteiger partial charge in [-0.15, -0.1) is 0 Å². The molecule has 29 heavy (non-hydrogen) atoms. The number of anilines is 1. The van der Waals surface area contributed by atoms with Gasteiger partial charge >= 0.3 is 0 Å². The average molecular weight is 378 g/mol. The molecule has 0 radical (unpaired) electrons. The average Bonchev–Trinajstić information content (AvgIpc) is 3.17. The molecule has 1 heterocycles. The van der Waals surface area contributed by atoms with Crippen LogP contribution in [0.4, 0.5) is 5.69 Å². The van der Waals surface area contributed by atoms with Gasteiger partial charge in [0, 0.05) is 18.8 Å². The van der Waals surface area contributed by atoms with E-state index in [0.29, 0.717) is 0 Å². The first-order valence-corrected chi connectivity index (χ1v) is 10.7. The summed E-state index contributed by atoms with van der Waals surface area (Å²) in [6.07, 6.45) is 3.35. The van der Waals surface area contributed by atoms with E-state index in [0.717, 1.165) is 32.4 Å². The quantitative estimate of drug-likeness (QED) is 0.384. The van der Waals surface area contributed by atoms with Crippen LogP contribution in [-0.4, -0.2) is 6.54 Å². The van der Waals surface area contributed by atoms with Crippen molar-refractivity contribution in [1.82, 2.24) is 0 Å². The molecular formula is C28H27N. The highest BCUT2D eigenvalue weighted by Crippen LogP contribution is 2.34. The van der Waals surface area contributed by atoms with Gasteiger partial charge in [-0.25, -0.2) is 0 Å². The molecule has 0 unspecified atom stereocenters. The predicted octanol–water partition coefficient (Wildman–Crippen LogP) is 6.50. The third-order valence-corrected chi connectivity index (χ3v) is 6.16. The molecule has 5 rings (SSSR count). The highest BCUT2D eigenvalue weighted by atomic mass is 15.1. The van der Waals surface area contributed by atoms with Crippen LogP contribution in [0.5, 0.6) is 0 Å². The van der Waals surface area contributed by atoms with E-state index in [2.05, 4.69) is 96.8 Å². The molecule has 0 fully saturated rings. The summed E-state index contributed by atoms with van der Waals surface area (Å²) in [6, 6.07) is 31.4. The second kappa shape index (κ2) is 7.75. The van der Waals surface area contributed by atoms with E-state index in [-0.39, 0.29) is 0 Å². The SMILES string of the molecule is Cc1ccc(CCc2cccc3c2N(Cc2ccc4ccccc4c2)CC3)cc1. The second-order valence-corrected chi connectivity index (χ2v) is 8.26. The van der Waals surface area contributed by atoms with Crippen molar-refractivity contribution in [2.24, 2.45) is 0 Å². The van der Waals surface area contributed by atoms with Crippen molar-refractivity contribution in [2.75, 3.05) is 11.4 Å². The van der Waals surface area contributed by atoms with Crippen LogP contribution in [-0.2, 0) is 25.8 Å². The Bertz CT molecular complexity index is 1140. The minimum absolute atomic E-state index is 0.985. The Balaban J connectivity index is 1.38. The van der Waals surface area contributed by atoms with Crippen molar-refractivity contribution in [1.29, 1.82) is 0 Å². The van der Waals surface area contributed by atoms with Gasteiger partial charge in [-0.05, 0) is 65.3 Å². The van der Waals surface area contributed by atoms with Crippen LogP contribution in [0.1, 0.15) is 27.8 Å². The molecule has 4 aromatic rings. The van der Waals surface area contributed by atoms with E-state index in [9.17, 15) is 0 Å². The Labute approximate surface area is 173 Å². The van der Waals surface area contributed by atoms with Gasteiger partial charge in [0.25, 0.3) is 0 Å². The smallest absolute Gasteiger partial charge is 0.0435 e. The third-order valence-electron chi connectivity index (χ3n) is 6.16. The second-order valence-electron chi connectivity index (χ2n) is 8.26. The summed E-state index contributed by atoms with van der Waals surface area (Å²) < 4.78 is 0. The molecule has 0 spiro atoms. The zero-order chi connectivity index (χ0) is 19.6. The molecule has 0 N–H and O–H groups in total. The first-order chi connectivity index (χ1) is 14.3. The van der Waals surface area contributed by atoms with Crippen molar-refractivity contribution in [3.63, 3.8) is 0 Å². The fourth-order valence-corrected chi connectivity index (χ4v) is 4.57. The number of aryl methyl sites for hydroxylation is 3. The Morgan fingerprint density at radius 3 is 2.38 bits per heavy atom. The minimum atomic E-state index is 0.985. The highest BCUT2D eigenvalue weighted by molar-refractivity contribution is 5.83. The Morgan fingerprint density at radius 1 is 0.724 bits per heavy atom. The number of fused-ring (bicyclic) bond motifs is 2. The van der Waals surface area contributed by atoms with Gasteiger partial charge in [-0.1, -0.05) is 84.4 Å². The van der Waals surface area contributed by atoms with Gasteiger partial charge in [0.15, 0.2) is 0 Å². The number of benzene rings is 4. The Morgan fingerprint density at radius 2 is 1.52 bits per heavy atom. The van der Waals surface area contributed by atoms with E-state index in [1.807, 2.05) is 0 Å². The van der Waals surface area contributed by atoms with Gasteiger partial charge in [0.2, 0.25) is 0 Å². The topological polar surface area (TPSA) is 3.24 Å². The number of hydrogen-bond acceptors (Lipinski definition) is 1. The first kappa shape index (κ1) is 18.0. The first-order valence-electron chi connectivity index (χ1n) is 10.7. The van der Waals surface area contributed by atoms with Crippen molar-refractivity contribution in [2.45, 2.75) is 32.7 Å². The predicted molar refractivity (Wildman–Crippen MR) is 124 cm³/mol. The van der Waals surface area contributed by atoms with E-state index in [4.69, 9.17) is 0 Å². The minimum Gasteiger partial charge on any atom is -0.366 e. The molecule has 0 saturated heterocycles. The third kappa shape index (κ3) is 3.78. The van der Waals surface area contributed by atoms with Crippen LogP contribution in [0.2, 0.25) is 0 Å². The number of hydrogen-bond donors (Lipinski definition) is 0. The van der Waals surface area contributed by atoms with Crippen LogP contribution in [0.15, 0.2) is 84.9 Å². The standard InChI is InChI=1S/C28H27N/c1-21-9-11-22(12-10-21)13-16-25-7-4-8-26-17-18-29(28(25)26)20-23-14-15-24-5-2-3-6-27(24)19-23/h2-12,14-15,19H,13,16-18,20H2,1H3. The fourth-order valence-electron chi connectivity index (χ4n) is 4.57. The molecule has 0 aromatic heterocycles. The molecule has 1 heteroatoms. The van der Waals surface area contributed by atoms with Crippen molar-refractivity contribution >= 4 is 16.5 Å². The number of rotatable bonds is 5. The van der Waals surface area contributed by atoms with Crippen LogP contribution in [0, 0.1) is 6.92 Å². The lowest BCUT2D eigenvalue weighted by Crippen LogP contribution is -2.21. The summed E-state index contributed by atoms with van der Waals surface area (Å²) >= 11 is 0. The maximum absolute atomic E-state index is 2.59. The van der Waals surface area contributed by atoms with Crippen molar-refractivity contribution in [3.05, 3.63) is 113 Å². The molecule has 0 saturated carbocycles. The lowest BCUT2D eigenvalue weighted by atomic mass is 9.99. The molecule has 4 aromatic carbocycles. The summed E-state index contributed by atoms with van der Waals surface area (Å²) in [5.74, 6) is 0. The summed E-state index contributed by atoms with van der Waals surface area (Å²) in [4.78, 5) is 2.59. The molecule has 0 bridgehead atoms. The monoisotopic (exact) mass is 377 g/mol. The largest absolute Gasteiger partial charge is 0.366 e. The maximum atomic E-state index is 2.59. The van der Waals surface area contributed by atoms with Crippen LogP contribution in [0.25, 0.3) is 10.8 Å². The summed E-state index contributed by atoms with van der Waals surface area (Å²) in [5, 5.41) is 2.65. The summed E-state index contributed by atoms with van der Waals surface area (Å²) in [7, 11) is 0. The lowest BCUT2D eigenvalue weighted by Gasteiger charge is -2.23. The number of para-hydroxylation sites is 1. The van der Waals surface area contributed by atoms with Crippen LogP contribution >= 0.6 is 0 Å². The summed E-state index contributed by atoms with van der Waals surface area (Å²) in [6.45, 7) is 4.25. The molecule has 0 amide bonds. The van der Waals surface area contributed by atoms with Gasteiger partial charge < -0.3 is 4.90 Å². The lowest BCUT2D eigenvalue weighted by molar-refractivity contribution is 0.828. The molecule has 144 valence electrons. The van der Waals surface area contributed by atoms with E-state index in [1.165, 1.54) is 44.3 Å². The van der Waals surface area contributed by atoms with Gasteiger partial charge in [-0.2, -0.15) is 0 Å². The Hall–Kier alpha value is -3.06. The molecule has 0 aliphatic carbocycles. The van der Waals surface area contributed by atoms with Crippen molar-refractivity contribution < 1.29 is 0 Å². The normalized spacial score (nSPS) is 13.1. The summed E-state index contributed by atoms with van der Waals surface area (Å²) in [5.41, 5.74) is 8.62. The molecule has 1 aliphatic rings. The van der Waals surface area contributed by atoms with Gasteiger partial charge in [0.05, 0.1) is 0 Å². The van der Waals surface area contributed by atoms with Crippen LogP contribution in [0.3, 0.4) is 0 Å². The molecule has 1 nitrogen and oxygen atoms in total. The van der Waals surface area contributed by atoms with E-state index < -0.39 is 0 Å².